The molecule has 0 radical (unpaired) electrons. The zero-order valence-electron chi connectivity index (χ0n) is 9.89. The Kier molecular flexibility index (Phi) is 3.57. The summed E-state index contributed by atoms with van der Waals surface area (Å²) in [5.41, 5.74) is -0.0652. The monoisotopic (exact) mass is 197 g/mol. The van der Waals surface area contributed by atoms with Crippen LogP contribution in [0.3, 0.4) is 0 Å². The molecule has 1 N–H and O–H groups in total. The van der Waals surface area contributed by atoms with E-state index in [-0.39, 0.29) is 17.4 Å². The van der Waals surface area contributed by atoms with Gasteiger partial charge in [0.2, 0.25) is 5.91 Å². The highest BCUT2D eigenvalue weighted by Gasteiger charge is 2.43. The number of amides is 1. The van der Waals surface area contributed by atoms with Crippen LogP contribution in [-0.4, -0.2) is 11.9 Å². The van der Waals surface area contributed by atoms with Gasteiger partial charge in [-0.25, -0.2) is 0 Å². The molecule has 0 atom stereocenters. The van der Waals surface area contributed by atoms with Gasteiger partial charge in [0.05, 0.1) is 5.41 Å². The first-order valence-corrected chi connectivity index (χ1v) is 5.80. The summed E-state index contributed by atoms with van der Waals surface area (Å²) >= 11 is 0. The van der Waals surface area contributed by atoms with Crippen LogP contribution < -0.4 is 5.32 Å². The van der Waals surface area contributed by atoms with Gasteiger partial charge in [-0.05, 0) is 32.6 Å². The first kappa shape index (κ1) is 11.5. The number of carbonyl (C=O) groups excluding carboxylic acids is 1. The molecule has 14 heavy (non-hydrogen) atoms. The van der Waals surface area contributed by atoms with Gasteiger partial charge in [0, 0.05) is 6.04 Å². The Morgan fingerprint density at radius 2 is 1.64 bits per heavy atom. The molecule has 1 aliphatic carbocycles. The summed E-state index contributed by atoms with van der Waals surface area (Å²) in [5, 5.41) is 3.07. The van der Waals surface area contributed by atoms with Crippen molar-refractivity contribution in [1.29, 1.82) is 0 Å². The predicted molar refractivity (Wildman–Crippen MR) is 59.0 cm³/mol. The van der Waals surface area contributed by atoms with Crippen LogP contribution in [0.4, 0.5) is 0 Å². The van der Waals surface area contributed by atoms with E-state index in [1.165, 1.54) is 12.8 Å². The van der Waals surface area contributed by atoms with Gasteiger partial charge in [-0.3, -0.25) is 4.79 Å². The van der Waals surface area contributed by atoms with Gasteiger partial charge < -0.3 is 5.32 Å². The smallest absolute Gasteiger partial charge is 0.226 e. The Bertz CT molecular complexity index is 202. The zero-order valence-corrected chi connectivity index (χ0v) is 9.89. The van der Waals surface area contributed by atoms with Crippen LogP contribution in [0.2, 0.25) is 0 Å². The predicted octanol–water partition coefficient (Wildman–Crippen LogP) is 2.73. The average molecular weight is 197 g/mol. The van der Waals surface area contributed by atoms with Gasteiger partial charge >= 0.3 is 0 Å². The first-order chi connectivity index (χ1) is 6.49. The summed E-state index contributed by atoms with van der Waals surface area (Å²) in [4.78, 5) is 12.1. The summed E-state index contributed by atoms with van der Waals surface area (Å²) in [7, 11) is 0. The Morgan fingerprint density at radius 3 is 2.00 bits per heavy atom. The Balaban J connectivity index is 2.72. The second-order valence-electron chi connectivity index (χ2n) is 5.15. The molecule has 2 nitrogen and oxygen atoms in total. The fraction of sp³-hybridized carbons (Fsp3) is 0.917. The quantitative estimate of drug-likeness (QED) is 0.740. The van der Waals surface area contributed by atoms with E-state index in [9.17, 15) is 4.79 Å². The minimum atomic E-state index is -0.0652. The molecule has 0 saturated heterocycles. The summed E-state index contributed by atoms with van der Waals surface area (Å²) in [5.74, 6) is 0.740. The second-order valence-corrected chi connectivity index (χ2v) is 5.15. The Hall–Kier alpha value is -0.530. The summed E-state index contributed by atoms with van der Waals surface area (Å²) in [6.45, 7) is 8.40. The fourth-order valence-electron chi connectivity index (χ4n) is 2.48. The molecular formula is C12H23NO. The molecule has 0 aliphatic heterocycles. The Labute approximate surface area is 87.5 Å². The maximum atomic E-state index is 12.1. The number of hydrogen-bond acceptors (Lipinski definition) is 1. The van der Waals surface area contributed by atoms with Crippen LogP contribution in [0, 0.1) is 11.3 Å². The van der Waals surface area contributed by atoms with E-state index in [2.05, 4.69) is 19.2 Å². The molecule has 0 unspecified atom stereocenters. The van der Waals surface area contributed by atoms with Gasteiger partial charge in [0.25, 0.3) is 0 Å². The number of nitrogens with one attached hydrogen (secondary N) is 1. The molecule has 0 heterocycles. The molecule has 1 fully saturated rings. The van der Waals surface area contributed by atoms with Crippen molar-refractivity contribution in [2.24, 2.45) is 11.3 Å². The number of rotatable bonds is 3. The molecule has 0 aromatic heterocycles. The highest BCUT2D eigenvalue weighted by Crippen LogP contribution is 2.44. The third-order valence-corrected chi connectivity index (χ3v) is 3.47. The third kappa shape index (κ3) is 2.10. The molecular weight excluding hydrogens is 174 g/mol. The SMILES string of the molecule is CC(C)NC(=O)C1(C(C)C)CCCC1. The van der Waals surface area contributed by atoms with E-state index in [1.54, 1.807) is 0 Å². The lowest BCUT2D eigenvalue weighted by molar-refractivity contribution is -0.133. The molecule has 0 bridgehead atoms. The van der Waals surface area contributed by atoms with Crippen LogP contribution in [-0.2, 0) is 4.79 Å². The van der Waals surface area contributed by atoms with Crippen molar-refractivity contribution in [2.75, 3.05) is 0 Å². The van der Waals surface area contributed by atoms with Crippen LogP contribution >= 0.6 is 0 Å². The summed E-state index contributed by atoms with van der Waals surface area (Å²) in [6.07, 6.45) is 4.57. The maximum Gasteiger partial charge on any atom is 0.226 e. The van der Waals surface area contributed by atoms with Crippen molar-refractivity contribution in [2.45, 2.75) is 59.4 Å². The highest BCUT2D eigenvalue weighted by atomic mass is 16.2. The largest absolute Gasteiger partial charge is 0.353 e. The lowest BCUT2D eigenvalue weighted by Crippen LogP contribution is -2.45. The lowest BCUT2D eigenvalue weighted by atomic mass is 9.75. The van der Waals surface area contributed by atoms with Gasteiger partial charge in [0.1, 0.15) is 0 Å². The van der Waals surface area contributed by atoms with Crippen LogP contribution in [0.15, 0.2) is 0 Å². The number of hydrogen-bond donors (Lipinski definition) is 1. The van der Waals surface area contributed by atoms with Crippen LogP contribution in [0.5, 0.6) is 0 Å². The molecule has 0 aromatic rings. The Morgan fingerprint density at radius 1 is 1.14 bits per heavy atom. The standard InChI is InChI=1S/C12H23NO/c1-9(2)12(7-5-6-8-12)11(14)13-10(3)4/h9-10H,5-8H2,1-4H3,(H,13,14). The van der Waals surface area contributed by atoms with Gasteiger partial charge in [-0.1, -0.05) is 26.7 Å². The van der Waals surface area contributed by atoms with E-state index >= 15 is 0 Å². The highest BCUT2D eigenvalue weighted by molar-refractivity contribution is 5.83. The van der Waals surface area contributed by atoms with E-state index in [0.717, 1.165) is 12.8 Å². The summed E-state index contributed by atoms with van der Waals surface area (Å²) in [6, 6.07) is 0.263. The summed E-state index contributed by atoms with van der Waals surface area (Å²) < 4.78 is 0. The van der Waals surface area contributed by atoms with E-state index in [1.807, 2.05) is 13.8 Å². The van der Waals surface area contributed by atoms with Gasteiger partial charge in [-0.15, -0.1) is 0 Å². The lowest BCUT2D eigenvalue weighted by Gasteiger charge is -2.32. The van der Waals surface area contributed by atoms with E-state index in [0.29, 0.717) is 5.92 Å². The van der Waals surface area contributed by atoms with Crippen molar-refractivity contribution in [1.82, 2.24) is 5.32 Å². The maximum absolute atomic E-state index is 12.1. The fourth-order valence-corrected chi connectivity index (χ4v) is 2.48. The van der Waals surface area contributed by atoms with E-state index in [4.69, 9.17) is 0 Å². The van der Waals surface area contributed by atoms with Crippen molar-refractivity contribution in [3.63, 3.8) is 0 Å². The van der Waals surface area contributed by atoms with Crippen LogP contribution in [0.1, 0.15) is 53.4 Å². The van der Waals surface area contributed by atoms with Gasteiger partial charge in [-0.2, -0.15) is 0 Å². The van der Waals surface area contributed by atoms with Crippen LogP contribution in [0.25, 0.3) is 0 Å². The molecule has 1 aliphatic rings. The zero-order chi connectivity index (χ0) is 10.8. The van der Waals surface area contributed by atoms with Crippen molar-refractivity contribution in [3.05, 3.63) is 0 Å². The normalized spacial score (nSPS) is 20.4. The molecule has 1 saturated carbocycles. The minimum absolute atomic E-state index is 0.0652. The molecule has 2 heteroatoms. The topological polar surface area (TPSA) is 29.1 Å². The average Bonchev–Trinajstić information content (AvgIpc) is 2.51. The molecule has 0 spiro atoms. The van der Waals surface area contributed by atoms with Crippen molar-refractivity contribution < 1.29 is 4.79 Å². The molecule has 1 amide bonds. The molecule has 82 valence electrons. The first-order valence-electron chi connectivity index (χ1n) is 5.80. The number of carbonyl (C=O) groups is 1. The van der Waals surface area contributed by atoms with E-state index < -0.39 is 0 Å². The third-order valence-electron chi connectivity index (χ3n) is 3.47. The molecule has 1 rings (SSSR count). The molecule has 0 aromatic carbocycles. The second kappa shape index (κ2) is 4.33. The minimum Gasteiger partial charge on any atom is -0.353 e. The van der Waals surface area contributed by atoms with Crippen molar-refractivity contribution >= 4 is 5.91 Å². The van der Waals surface area contributed by atoms with Gasteiger partial charge in [0.15, 0.2) is 0 Å². The van der Waals surface area contributed by atoms with Crippen molar-refractivity contribution in [3.8, 4) is 0 Å².